The quantitative estimate of drug-likeness (QED) is 0.775. The van der Waals surface area contributed by atoms with Crippen LogP contribution in [0.5, 0.6) is 0 Å². The van der Waals surface area contributed by atoms with Crippen molar-refractivity contribution in [3.63, 3.8) is 0 Å². The highest BCUT2D eigenvalue weighted by Gasteiger charge is 2.39. The molecule has 24 heavy (non-hydrogen) atoms. The second-order valence-corrected chi connectivity index (χ2v) is 6.35. The molecule has 126 valence electrons. The van der Waals surface area contributed by atoms with E-state index < -0.39 is 0 Å². The summed E-state index contributed by atoms with van der Waals surface area (Å²) in [5, 5.41) is 8.54. The van der Waals surface area contributed by atoms with Crippen molar-refractivity contribution < 1.29 is 9.26 Å². The molecule has 0 radical (unpaired) electrons. The van der Waals surface area contributed by atoms with Gasteiger partial charge in [-0.3, -0.25) is 0 Å². The third-order valence-corrected chi connectivity index (χ3v) is 4.74. The molecule has 1 saturated heterocycles. The van der Waals surface area contributed by atoms with Crippen molar-refractivity contribution in [2.45, 2.75) is 32.1 Å². The number of hydrogen-bond acceptors (Lipinski definition) is 7. The molecule has 0 atom stereocenters. The van der Waals surface area contributed by atoms with E-state index in [1.165, 1.54) is 0 Å². The molecule has 0 aliphatic carbocycles. The molecule has 0 amide bonds. The summed E-state index contributed by atoms with van der Waals surface area (Å²) in [7, 11) is 0. The van der Waals surface area contributed by atoms with Gasteiger partial charge in [0.25, 0.3) is 0 Å². The van der Waals surface area contributed by atoms with Gasteiger partial charge in [0.05, 0.1) is 17.2 Å². The van der Waals surface area contributed by atoms with Crippen molar-refractivity contribution in [1.82, 2.24) is 24.7 Å². The van der Waals surface area contributed by atoms with Gasteiger partial charge < -0.3 is 15.0 Å². The van der Waals surface area contributed by atoms with E-state index in [1.54, 1.807) is 10.7 Å². The highest BCUT2D eigenvalue weighted by Crippen LogP contribution is 2.34. The van der Waals surface area contributed by atoms with Crippen LogP contribution in [0, 0.1) is 13.8 Å². The first-order valence-corrected chi connectivity index (χ1v) is 8.07. The lowest BCUT2D eigenvalue weighted by Gasteiger charge is -2.32. The molecular formula is C16H20N6O2. The van der Waals surface area contributed by atoms with Crippen LogP contribution < -0.4 is 5.73 Å². The fraction of sp³-hybridized carbons (Fsp3) is 0.500. The zero-order valence-corrected chi connectivity index (χ0v) is 13.8. The van der Waals surface area contributed by atoms with Crippen molar-refractivity contribution in [2.24, 2.45) is 5.73 Å². The first-order chi connectivity index (χ1) is 11.6. The monoisotopic (exact) mass is 328 g/mol. The fourth-order valence-electron chi connectivity index (χ4n) is 3.24. The molecule has 0 saturated carbocycles. The van der Waals surface area contributed by atoms with Crippen LogP contribution in [-0.4, -0.2) is 44.5 Å². The van der Waals surface area contributed by atoms with Crippen LogP contribution in [0.25, 0.3) is 17.0 Å². The van der Waals surface area contributed by atoms with Crippen molar-refractivity contribution in [3.8, 4) is 11.4 Å². The Kier molecular flexibility index (Phi) is 3.58. The van der Waals surface area contributed by atoms with Crippen LogP contribution >= 0.6 is 0 Å². The summed E-state index contributed by atoms with van der Waals surface area (Å²) < 4.78 is 12.8. The first-order valence-electron chi connectivity index (χ1n) is 8.07. The molecule has 0 aromatic carbocycles. The molecule has 8 nitrogen and oxygen atoms in total. The SMILES string of the molecule is Cc1cc(C)n2ncc(-c3noc(C4(CN)CCOCC4)n3)c2n1. The van der Waals surface area contributed by atoms with E-state index >= 15 is 0 Å². The topological polar surface area (TPSA) is 104 Å². The third kappa shape index (κ3) is 2.30. The maximum atomic E-state index is 6.02. The first kappa shape index (κ1) is 15.2. The second-order valence-electron chi connectivity index (χ2n) is 6.35. The van der Waals surface area contributed by atoms with Crippen molar-refractivity contribution in [1.29, 1.82) is 0 Å². The molecule has 0 unspecified atom stereocenters. The molecule has 2 N–H and O–H groups in total. The van der Waals surface area contributed by atoms with Gasteiger partial charge in [-0.25, -0.2) is 9.50 Å². The Balaban J connectivity index is 1.78. The predicted octanol–water partition coefficient (Wildman–Crippen LogP) is 1.40. The summed E-state index contributed by atoms with van der Waals surface area (Å²) in [6.07, 6.45) is 3.30. The van der Waals surface area contributed by atoms with Crippen LogP contribution in [-0.2, 0) is 10.2 Å². The average Bonchev–Trinajstić information content (AvgIpc) is 3.22. The van der Waals surface area contributed by atoms with Crippen molar-refractivity contribution in [2.75, 3.05) is 19.8 Å². The number of hydrogen-bond donors (Lipinski definition) is 1. The van der Waals surface area contributed by atoms with Gasteiger partial charge in [-0.15, -0.1) is 0 Å². The summed E-state index contributed by atoms with van der Waals surface area (Å²) in [5.74, 6) is 1.07. The Morgan fingerprint density at radius 1 is 1.25 bits per heavy atom. The molecule has 1 fully saturated rings. The largest absolute Gasteiger partial charge is 0.381 e. The maximum Gasteiger partial charge on any atom is 0.234 e. The Hall–Kier alpha value is -2.32. The van der Waals surface area contributed by atoms with Crippen LogP contribution in [0.4, 0.5) is 0 Å². The van der Waals surface area contributed by atoms with E-state index in [0.717, 1.165) is 35.4 Å². The summed E-state index contributed by atoms with van der Waals surface area (Å²) in [4.78, 5) is 9.19. The minimum absolute atomic E-state index is 0.300. The Bertz CT molecular complexity index is 878. The van der Waals surface area contributed by atoms with Gasteiger partial charge in [0.1, 0.15) is 0 Å². The number of rotatable bonds is 3. The van der Waals surface area contributed by atoms with Gasteiger partial charge >= 0.3 is 0 Å². The van der Waals surface area contributed by atoms with Crippen molar-refractivity contribution >= 4 is 5.65 Å². The Labute approximate surface area is 139 Å². The zero-order chi connectivity index (χ0) is 16.7. The smallest absolute Gasteiger partial charge is 0.234 e. The summed E-state index contributed by atoms with van der Waals surface area (Å²) >= 11 is 0. The number of nitrogens with two attached hydrogens (primary N) is 1. The van der Waals surface area contributed by atoms with Gasteiger partial charge in [0.2, 0.25) is 11.7 Å². The minimum Gasteiger partial charge on any atom is -0.381 e. The number of fused-ring (bicyclic) bond motifs is 1. The molecule has 1 aliphatic rings. The lowest BCUT2D eigenvalue weighted by Crippen LogP contribution is -2.40. The second kappa shape index (κ2) is 5.64. The predicted molar refractivity (Wildman–Crippen MR) is 86.5 cm³/mol. The lowest BCUT2D eigenvalue weighted by molar-refractivity contribution is 0.0409. The molecule has 3 aromatic rings. The van der Waals surface area contributed by atoms with E-state index in [2.05, 4.69) is 20.2 Å². The van der Waals surface area contributed by atoms with Gasteiger partial charge in [-0.2, -0.15) is 10.1 Å². The normalized spacial score (nSPS) is 17.5. The molecule has 4 rings (SSSR count). The molecule has 0 spiro atoms. The maximum absolute atomic E-state index is 6.02. The summed E-state index contributed by atoms with van der Waals surface area (Å²) in [6.45, 7) is 5.73. The molecule has 0 bridgehead atoms. The minimum atomic E-state index is -0.300. The Morgan fingerprint density at radius 3 is 2.79 bits per heavy atom. The van der Waals surface area contributed by atoms with Gasteiger partial charge in [-0.1, -0.05) is 5.16 Å². The zero-order valence-electron chi connectivity index (χ0n) is 13.8. The van der Waals surface area contributed by atoms with E-state index in [-0.39, 0.29) is 5.41 Å². The van der Waals surface area contributed by atoms with Gasteiger partial charge in [0, 0.05) is 31.1 Å². The van der Waals surface area contributed by atoms with Crippen LogP contribution in [0.3, 0.4) is 0 Å². The Morgan fingerprint density at radius 2 is 2.04 bits per heavy atom. The number of ether oxygens (including phenoxy) is 1. The molecule has 4 heterocycles. The van der Waals surface area contributed by atoms with Gasteiger partial charge in [-0.05, 0) is 32.8 Å². The highest BCUT2D eigenvalue weighted by atomic mass is 16.5. The molecule has 1 aliphatic heterocycles. The number of aromatic nitrogens is 5. The van der Waals surface area contributed by atoms with E-state index in [9.17, 15) is 0 Å². The average molecular weight is 328 g/mol. The van der Waals surface area contributed by atoms with E-state index in [4.69, 9.17) is 15.0 Å². The molecular weight excluding hydrogens is 308 g/mol. The van der Waals surface area contributed by atoms with E-state index in [0.29, 0.717) is 31.5 Å². The number of aryl methyl sites for hydroxylation is 2. The lowest BCUT2D eigenvalue weighted by atomic mass is 9.80. The molecule has 3 aromatic heterocycles. The molecule has 8 heteroatoms. The van der Waals surface area contributed by atoms with Gasteiger partial charge in [0.15, 0.2) is 5.65 Å². The summed E-state index contributed by atoms with van der Waals surface area (Å²) in [6, 6.07) is 1.98. The fourth-order valence-corrected chi connectivity index (χ4v) is 3.24. The summed E-state index contributed by atoms with van der Waals surface area (Å²) in [5.41, 5.74) is 9.14. The third-order valence-electron chi connectivity index (χ3n) is 4.74. The van der Waals surface area contributed by atoms with Crippen molar-refractivity contribution in [3.05, 3.63) is 29.5 Å². The van der Waals surface area contributed by atoms with E-state index in [1.807, 2.05) is 19.9 Å². The standard InChI is InChI=1S/C16H20N6O2/c1-10-7-11(2)22-14(19-10)12(8-18-22)13-20-15(24-21-13)16(9-17)3-5-23-6-4-16/h7-8H,3-6,9,17H2,1-2H3. The van der Waals surface area contributed by atoms with Crippen LogP contribution in [0.1, 0.15) is 30.1 Å². The van der Waals surface area contributed by atoms with Crippen LogP contribution in [0.2, 0.25) is 0 Å². The highest BCUT2D eigenvalue weighted by molar-refractivity contribution is 5.72. The number of nitrogens with zero attached hydrogens (tertiary/aromatic N) is 5. The van der Waals surface area contributed by atoms with Crippen LogP contribution in [0.15, 0.2) is 16.8 Å².